The van der Waals surface area contributed by atoms with E-state index in [9.17, 15) is 4.79 Å². The summed E-state index contributed by atoms with van der Waals surface area (Å²) in [7, 11) is 0. The SMILES string of the molecule is CC(CCc1ccco1)NC(=O)c1cc(Br)cnc1N. The van der Waals surface area contributed by atoms with Gasteiger partial charge in [-0.1, -0.05) is 0 Å². The number of hydrogen-bond donors (Lipinski definition) is 2. The number of carbonyl (C=O) groups is 1. The second-order valence-electron chi connectivity index (χ2n) is 4.58. The van der Waals surface area contributed by atoms with Gasteiger partial charge in [-0.3, -0.25) is 4.79 Å². The number of nitrogen functional groups attached to an aromatic ring is 1. The maximum atomic E-state index is 12.1. The van der Waals surface area contributed by atoms with Gasteiger partial charge < -0.3 is 15.5 Å². The molecular weight excluding hydrogens is 322 g/mol. The molecule has 20 heavy (non-hydrogen) atoms. The van der Waals surface area contributed by atoms with E-state index < -0.39 is 0 Å². The minimum absolute atomic E-state index is 0.0194. The van der Waals surface area contributed by atoms with Crippen molar-refractivity contribution in [2.24, 2.45) is 0 Å². The lowest BCUT2D eigenvalue weighted by Gasteiger charge is -2.14. The minimum atomic E-state index is -0.219. The molecule has 0 aliphatic rings. The summed E-state index contributed by atoms with van der Waals surface area (Å²) in [5.41, 5.74) is 6.09. The fraction of sp³-hybridized carbons (Fsp3) is 0.286. The zero-order valence-electron chi connectivity index (χ0n) is 11.1. The summed E-state index contributed by atoms with van der Waals surface area (Å²) >= 11 is 3.28. The van der Waals surface area contributed by atoms with E-state index in [-0.39, 0.29) is 17.8 Å². The minimum Gasteiger partial charge on any atom is -0.469 e. The molecule has 1 atom stereocenters. The third-order valence-electron chi connectivity index (χ3n) is 2.91. The summed E-state index contributed by atoms with van der Waals surface area (Å²) in [6, 6.07) is 5.46. The standard InChI is InChI=1S/C14H16BrN3O2/c1-9(4-5-11-3-2-6-20-11)18-14(19)12-7-10(15)8-17-13(12)16/h2-3,6-9H,4-5H2,1H3,(H2,16,17)(H,18,19). The largest absolute Gasteiger partial charge is 0.469 e. The van der Waals surface area contributed by atoms with Crippen LogP contribution in [0.5, 0.6) is 0 Å². The van der Waals surface area contributed by atoms with Crippen molar-refractivity contribution in [1.29, 1.82) is 0 Å². The summed E-state index contributed by atoms with van der Waals surface area (Å²) in [5, 5.41) is 2.91. The number of anilines is 1. The van der Waals surface area contributed by atoms with Crippen LogP contribution in [0.25, 0.3) is 0 Å². The summed E-state index contributed by atoms with van der Waals surface area (Å²) in [4.78, 5) is 16.1. The third-order valence-corrected chi connectivity index (χ3v) is 3.34. The first-order chi connectivity index (χ1) is 9.56. The van der Waals surface area contributed by atoms with Crippen LogP contribution in [0, 0.1) is 0 Å². The molecule has 1 unspecified atom stereocenters. The second-order valence-corrected chi connectivity index (χ2v) is 5.49. The first-order valence-corrected chi connectivity index (χ1v) is 7.10. The fourth-order valence-corrected chi connectivity index (χ4v) is 2.15. The molecule has 0 spiro atoms. The van der Waals surface area contributed by atoms with Gasteiger partial charge in [0.1, 0.15) is 11.6 Å². The lowest BCUT2D eigenvalue weighted by Crippen LogP contribution is -2.33. The molecule has 2 aromatic rings. The van der Waals surface area contributed by atoms with E-state index in [1.54, 1.807) is 18.5 Å². The van der Waals surface area contributed by atoms with E-state index in [1.165, 1.54) is 0 Å². The van der Waals surface area contributed by atoms with Gasteiger partial charge in [-0.2, -0.15) is 0 Å². The predicted octanol–water partition coefficient (Wildman–Crippen LogP) is 2.77. The van der Waals surface area contributed by atoms with Gasteiger partial charge in [0.15, 0.2) is 0 Å². The van der Waals surface area contributed by atoms with E-state index in [1.807, 2.05) is 19.1 Å². The Balaban J connectivity index is 1.91. The van der Waals surface area contributed by atoms with Gasteiger partial charge in [0, 0.05) is 23.1 Å². The van der Waals surface area contributed by atoms with Gasteiger partial charge in [0.05, 0.1) is 11.8 Å². The van der Waals surface area contributed by atoms with Crippen molar-refractivity contribution in [3.63, 3.8) is 0 Å². The molecular formula is C14H16BrN3O2. The molecule has 106 valence electrons. The Kier molecular flexibility index (Phi) is 4.79. The highest BCUT2D eigenvalue weighted by molar-refractivity contribution is 9.10. The van der Waals surface area contributed by atoms with Gasteiger partial charge in [-0.05, 0) is 47.5 Å². The Hall–Kier alpha value is -1.82. The van der Waals surface area contributed by atoms with Gasteiger partial charge in [-0.25, -0.2) is 4.98 Å². The monoisotopic (exact) mass is 337 g/mol. The van der Waals surface area contributed by atoms with Crippen molar-refractivity contribution in [2.75, 3.05) is 5.73 Å². The predicted molar refractivity (Wildman–Crippen MR) is 80.3 cm³/mol. The zero-order valence-corrected chi connectivity index (χ0v) is 12.7. The van der Waals surface area contributed by atoms with E-state index in [0.29, 0.717) is 5.56 Å². The average molecular weight is 338 g/mol. The highest BCUT2D eigenvalue weighted by atomic mass is 79.9. The molecule has 5 nitrogen and oxygen atoms in total. The number of nitrogens with zero attached hydrogens (tertiary/aromatic N) is 1. The Labute approximate surface area is 125 Å². The van der Waals surface area contributed by atoms with Crippen LogP contribution in [0.15, 0.2) is 39.5 Å². The van der Waals surface area contributed by atoms with E-state index >= 15 is 0 Å². The van der Waals surface area contributed by atoms with Crippen LogP contribution < -0.4 is 11.1 Å². The number of nitrogens with two attached hydrogens (primary N) is 1. The van der Waals surface area contributed by atoms with Crippen LogP contribution in [0.3, 0.4) is 0 Å². The topological polar surface area (TPSA) is 81.2 Å². The molecule has 0 bridgehead atoms. The molecule has 2 aromatic heterocycles. The quantitative estimate of drug-likeness (QED) is 0.878. The lowest BCUT2D eigenvalue weighted by atomic mass is 10.1. The highest BCUT2D eigenvalue weighted by Crippen LogP contribution is 2.16. The van der Waals surface area contributed by atoms with E-state index in [0.717, 1.165) is 23.1 Å². The first kappa shape index (κ1) is 14.6. The van der Waals surface area contributed by atoms with Gasteiger partial charge >= 0.3 is 0 Å². The van der Waals surface area contributed by atoms with E-state index in [4.69, 9.17) is 10.2 Å². The lowest BCUT2D eigenvalue weighted by molar-refractivity contribution is 0.0938. The fourth-order valence-electron chi connectivity index (χ4n) is 1.82. The van der Waals surface area contributed by atoms with Crippen LogP contribution >= 0.6 is 15.9 Å². The molecule has 0 fully saturated rings. The Morgan fingerprint density at radius 1 is 1.60 bits per heavy atom. The number of furan rings is 1. The maximum Gasteiger partial charge on any atom is 0.255 e. The number of nitrogens with one attached hydrogen (secondary N) is 1. The molecule has 0 aliphatic heterocycles. The number of amides is 1. The van der Waals surface area contributed by atoms with Gasteiger partial charge in [0.2, 0.25) is 0 Å². The van der Waals surface area contributed by atoms with Crippen molar-refractivity contribution in [3.05, 3.63) is 46.5 Å². The first-order valence-electron chi connectivity index (χ1n) is 6.30. The molecule has 3 N–H and O–H groups in total. The molecule has 0 saturated heterocycles. The number of halogens is 1. The molecule has 2 heterocycles. The van der Waals surface area contributed by atoms with Crippen molar-refractivity contribution >= 4 is 27.7 Å². The van der Waals surface area contributed by atoms with Crippen LogP contribution in [-0.2, 0) is 6.42 Å². The Morgan fingerprint density at radius 2 is 2.40 bits per heavy atom. The number of aryl methyl sites for hydroxylation is 1. The number of hydrogen-bond acceptors (Lipinski definition) is 4. The molecule has 1 amide bonds. The van der Waals surface area contributed by atoms with Crippen LogP contribution in [0.2, 0.25) is 0 Å². The van der Waals surface area contributed by atoms with Crippen LogP contribution in [0.1, 0.15) is 29.5 Å². The molecule has 0 radical (unpaired) electrons. The molecule has 0 saturated carbocycles. The average Bonchev–Trinajstić information content (AvgIpc) is 2.92. The van der Waals surface area contributed by atoms with Crippen molar-refractivity contribution in [3.8, 4) is 0 Å². The number of aromatic nitrogens is 1. The van der Waals surface area contributed by atoms with Crippen molar-refractivity contribution in [2.45, 2.75) is 25.8 Å². The van der Waals surface area contributed by atoms with Gasteiger partial charge in [-0.15, -0.1) is 0 Å². The molecule has 2 rings (SSSR count). The van der Waals surface area contributed by atoms with Crippen molar-refractivity contribution < 1.29 is 9.21 Å². The van der Waals surface area contributed by atoms with Crippen LogP contribution in [-0.4, -0.2) is 16.9 Å². The summed E-state index contributed by atoms with van der Waals surface area (Å²) < 4.78 is 5.98. The summed E-state index contributed by atoms with van der Waals surface area (Å²) in [6.07, 6.45) is 4.78. The van der Waals surface area contributed by atoms with Crippen molar-refractivity contribution in [1.82, 2.24) is 10.3 Å². The number of carbonyl (C=O) groups excluding carboxylic acids is 1. The smallest absolute Gasteiger partial charge is 0.255 e. The molecule has 0 aliphatic carbocycles. The Bertz CT molecular complexity index is 584. The summed E-state index contributed by atoms with van der Waals surface area (Å²) in [6.45, 7) is 1.95. The third kappa shape index (κ3) is 3.84. The Morgan fingerprint density at radius 3 is 3.10 bits per heavy atom. The van der Waals surface area contributed by atoms with Crippen LogP contribution in [0.4, 0.5) is 5.82 Å². The highest BCUT2D eigenvalue weighted by Gasteiger charge is 2.14. The maximum absolute atomic E-state index is 12.1. The van der Waals surface area contributed by atoms with E-state index in [2.05, 4.69) is 26.2 Å². The normalized spacial score (nSPS) is 12.1. The molecule has 6 heteroatoms. The van der Waals surface area contributed by atoms with Gasteiger partial charge in [0.25, 0.3) is 5.91 Å². The second kappa shape index (κ2) is 6.56. The zero-order chi connectivity index (χ0) is 14.5. The number of rotatable bonds is 5. The summed E-state index contributed by atoms with van der Waals surface area (Å²) in [5.74, 6) is 0.918. The number of pyridine rings is 1. The molecule has 0 aromatic carbocycles.